The lowest BCUT2D eigenvalue weighted by molar-refractivity contribution is -0.261. The molecule has 5 rings (SSSR count). The number of nitrogens with zero attached hydrogens (tertiary/aromatic N) is 1. The van der Waals surface area contributed by atoms with Gasteiger partial charge in [0.25, 0.3) is 0 Å². The molecule has 1 heterocycles. The molecule has 0 unspecified atom stereocenters. The van der Waals surface area contributed by atoms with Crippen molar-refractivity contribution < 1.29 is 44.6 Å². The number of aromatic hydroxyl groups is 2. The van der Waals surface area contributed by atoms with Gasteiger partial charge in [-0.2, -0.15) is 0 Å². The Balaban J connectivity index is 1.62. The van der Waals surface area contributed by atoms with E-state index < -0.39 is 53.6 Å². The number of aliphatic hydroxyl groups is 3. The zero-order valence-electron chi connectivity index (χ0n) is 21.7. The van der Waals surface area contributed by atoms with E-state index in [1.807, 2.05) is 19.0 Å². The number of rotatable bonds is 4. The van der Waals surface area contributed by atoms with E-state index in [0.717, 1.165) is 0 Å². The maximum atomic E-state index is 13.4. The van der Waals surface area contributed by atoms with Crippen molar-refractivity contribution in [2.24, 2.45) is 0 Å². The van der Waals surface area contributed by atoms with Crippen LogP contribution in [0.15, 0.2) is 24.3 Å². The summed E-state index contributed by atoms with van der Waals surface area (Å²) in [6.07, 6.45) is -4.19. The quantitative estimate of drug-likeness (QED) is 0.340. The fourth-order valence-electron chi connectivity index (χ4n) is 5.99. The first-order valence-corrected chi connectivity index (χ1v) is 12.8. The number of carbonyl (C=O) groups excluding carboxylic acids is 2. The Kier molecular flexibility index (Phi) is 6.62. The van der Waals surface area contributed by atoms with E-state index >= 15 is 0 Å². The van der Waals surface area contributed by atoms with Gasteiger partial charge < -0.3 is 39.9 Å². The summed E-state index contributed by atoms with van der Waals surface area (Å²) in [5.74, 6) is -2.27. The molecule has 3 aliphatic rings. The van der Waals surface area contributed by atoms with Crippen LogP contribution in [0.5, 0.6) is 11.5 Å². The number of ether oxygens (including phenoxy) is 2. The highest BCUT2D eigenvalue weighted by molar-refractivity contribution is 6.30. The summed E-state index contributed by atoms with van der Waals surface area (Å²) in [5.41, 5.74) is -2.15. The Hall–Kier alpha value is -2.86. The van der Waals surface area contributed by atoms with Crippen LogP contribution in [0.4, 0.5) is 0 Å². The number of fused-ring (bicyclic) bond motifs is 3. The van der Waals surface area contributed by atoms with Crippen LogP contribution in [0.25, 0.3) is 0 Å². The van der Waals surface area contributed by atoms with E-state index in [9.17, 15) is 35.1 Å². The molecule has 0 amide bonds. The van der Waals surface area contributed by atoms with E-state index in [4.69, 9.17) is 9.47 Å². The Labute approximate surface area is 220 Å². The van der Waals surface area contributed by atoms with Crippen molar-refractivity contribution in [3.8, 4) is 11.5 Å². The van der Waals surface area contributed by atoms with Gasteiger partial charge in [-0.25, -0.2) is 0 Å². The number of hydrogen-bond donors (Lipinski definition) is 5. The van der Waals surface area contributed by atoms with E-state index in [-0.39, 0.29) is 58.0 Å². The molecule has 38 heavy (non-hydrogen) atoms. The summed E-state index contributed by atoms with van der Waals surface area (Å²) < 4.78 is 12.2. The van der Waals surface area contributed by atoms with Crippen LogP contribution in [0.2, 0.25) is 0 Å². The number of phenolic OH excluding ortho intramolecular Hbond substituents is 2. The number of likely N-dealkylation sites (N-methyl/N-ethyl adjacent to an activating group) is 1. The van der Waals surface area contributed by atoms with Gasteiger partial charge in [0.05, 0.1) is 35.0 Å². The maximum absolute atomic E-state index is 13.4. The fourth-order valence-corrected chi connectivity index (χ4v) is 5.99. The molecule has 0 bridgehead atoms. The SMILES string of the molecule is CC[C@@]1(O)C[C@@H](O[C@H]2C[C@H](N(C)C)[C@H](O)[C@H](C)O2)c2cc3c(c(O)c2[C@@H]1O)C(=O)c1cccc(O)c1C3=O. The molecule has 0 spiro atoms. The zero-order valence-corrected chi connectivity index (χ0v) is 21.7. The van der Waals surface area contributed by atoms with Crippen LogP contribution in [0.3, 0.4) is 0 Å². The van der Waals surface area contributed by atoms with E-state index in [1.54, 1.807) is 13.8 Å². The van der Waals surface area contributed by atoms with E-state index in [1.165, 1.54) is 24.3 Å². The maximum Gasteiger partial charge on any atom is 0.198 e. The fraction of sp³-hybridized carbons (Fsp3) is 0.500. The number of hydrogen-bond acceptors (Lipinski definition) is 10. The van der Waals surface area contributed by atoms with Gasteiger partial charge in [-0.15, -0.1) is 0 Å². The standard InChI is InChI=1S/C28H33NO9/c1-5-28(36)11-18(38-19-10-16(29(3)4)23(31)12(2)37-19)14-9-15-21(26(34)22(14)27(28)35)24(32)13-7-6-8-17(30)20(13)25(15)33/h6-9,12,16,18-19,23,27,30-31,34-36H,5,10-11H2,1-4H3/t12-,16-,18+,19-,23+,27-,28+/m0/s1. The minimum absolute atomic E-state index is 0.0560. The third-order valence-corrected chi connectivity index (χ3v) is 8.29. The van der Waals surface area contributed by atoms with Gasteiger partial charge in [0.15, 0.2) is 17.9 Å². The van der Waals surface area contributed by atoms with Crippen LogP contribution in [0, 0.1) is 0 Å². The molecule has 204 valence electrons. The summed E-state index contributed by atoms with van der Waals surface area (Å²) in [7, 11) is 3.68. The van der Waals surface area contributed by atoms with Gasteiger partial charge >= 0.3 is 0 Å². The summed E-state index contributed by atoms with van der Waals surface area (Å²) in [5, 5.41) is 54.8. The number of phenols is 2. The summed E-state index contributed by atoms with van der Waals surface area (Å²) in [4.78, 5) is 28.7. The number of benzene rings is 2. The molecule has 0 saturated carbocycles. The second kappa shape index (κ2) is 9.41. The van der Waals surface area contributed by atoms with Crippen molar-refractivity contribution in [1.82, 2.24) is 4.90 Å². The average Bonchev–Trinajstić information content (AvgIpc) is 2.87. The number of ketones is 2. The van der Waals surface area contributed by atoms with Crippen LogP contribution < -0.4 is 0 Å². The lowest BCUT2D eigenvalue weighted by Gasteiger charge is -2.45. The number of aliphatic hydroxyl groups excluding tert-OH is 2. The second-order valence-electron chi connectivity index (χ2n) is 10.7. The van der Waals surface area contributed by atoms with Crippen LogP contribution >= 0.6 is 0 Å². The Bertz CT molecular complexity index is 1310. The van der Waals surface area contributed by atoms with Gasteiger partial charge in [-0.05, 0) is 45.1 Å². The zero-order chi connectivity index (χ0) is 27.7. The van der Waals surface area contributed by atoms with Crippen molar-refractivity contribution in [2.75, 3.05) is 14.1 Å². The third-order valence-electron chi connectivity index (χ3n) is 8.29. The van der Waals surface area contributed by atoms with Gasteiger partial charge in [0.1, 0.15) is 17.6 Å². The Morgan fingerprint density at radius 1 is 1.11 bits per heavy atom. The molecule has 0 aromatic heterocycles. The van der Waals surface area contributed by atoms with Crippen LogP contribution in [-0.2, 0) is 9.47 Å². The van der Waals surface area contributed by atoms with Crippen molar-refractivity contribution in [1.29, 1.82) is 0 Å². The Morgan fingerprint density at radius 2 is 1.79 bits per heavy atom. The lowest BCUT2D eigenvalue weighted by atomic mass is 9.71. The summed E-state index contributed by atoms with van der Waals surface area (Å²) >= 11 is 0. The molecule has 10 heteroatoms. The van der Waals surface area contributed by atoms with Gasteiger partial charge in [-0.1, -0.05) is 19.1 Å². The first-order valence-electron chi connectivity index (χ1n) is 12.8. The Morgan fingerprint density at radius 3 is 2.45 bits per heavy atom. The minimum atomic E-state index is -1.69. The molecule has 1 saturated heterocycles. The van der Waals surface area contributed by atoms with E-state index in [2.05, 4.69) is 0 Å². The molecular formula is C28H33NO9. The molecule has 10 nitrogen and oxygen atoms in total. The molecule has 5 N–H and O–H groups in total. The molecule has 1 aliphatic heterocycles. The van der Waals surface area contributed by atoms with Crippen LogP contribution in [0.1, 0.15) is 88.3 Å². The minimum Gasteiger partial charge on any atom is -0.507 e. The molecule has 1 fully saturated rings. The molecular weight excluding hydrogens is 494 g/mol. The second-order valence-corrected chi connectivity index (χ2v) is 10.7. The monoisotopic (exact) mass is 527 g/mol. The molecule has 2 aromatic rings. The third kappa shape index (κ3) is 3.95. The molecule has 2 aromatic carbocycles. The molecule has 7 atom stereocenters. The largest absolute Gasteiger partial charge is 0.507 e. The topological polar surface area (TPSA) is 157 Å². The number of carbonyl (C=O) groups is 2. The van der Waals surface area contributed by atoms with Crippen LogP contribution in [-0.4, -0.2) is 86.2 Å². The summed E-state index contributed by atoms with van der Waals surface area (Å²) in [6.45, 7) is 3.42. The van der Waals surface area contributed by atoms with Crippen molar-refractivity contribution in [3.05, 3.63) is 57.6 Å². The predicted octanol–water partition coefficient (Wildman–Crippen LogP) is 1.94. The van der Waals surface area contributed by atoms with Gasteiger partial charge in [0, 0.05) is 35.6 Å². The average molecular weight is 528 g/mol. The smallest absolute Gasteiger partial charge is 0.198 e. The highest BCUT2D eigenvalue weighted by Crippen LogP contribution is 2.52. The molecule has 0 radical (unpaired) electrons. The normalized spacial score (nSPS) is 32.6. The highest BCUT2D eigenvalue weighted by Gasteiger charge is 2.49. The van der Waals surface area contributed by atoms with E-state index in [0.29, 0.717) is 6.42 Å². The lowest BCUT2D eigenvalue weighted by Crippen LogP contribution is -2.54. The van der Waals surface area contributed by atoms with Gasteiger partial charge in [0.2, 0.25) is 0 Å². The first-order chi connectivity index (χ1) is 17.9. The summed E-state index contributed by atoms with van der Waals surface area (Å²) in [6, 6.07) is 5.25. The molecule has 2 aliphatic carbocycles. The van der Waals surface area contributed by atoms with Crippen molar-refractivity contribution in [2.45, 2.75) is 75.5 Å². The van der Waals surface area contributed by atoms with Crippen molar-refractivity contribution in [3.63, 3.8) is 0 Å². The van der Waals surface area contributed by atoms with Crippen molar-refractivity contribution >= 4 is 11.6 Å². The first kappa shape index (κ1) is 26.7. The highest BCUT2D eigenvalue weighted by atomic mass is 16.7. The van der Waals surface area contributed by atoms with Gasteiger partial charge in [-0.3, -0.25) is 9.59 Å². The predicted molar refractivity (Wildman–Crippen MR) is 134 cm³/mol.